The molecule has 0 aromatic heterocycles. The average molecular weight is 210 g/mol. The van der Waals surface area contributed by atoms with Crippen molar-refractivity contribution in [2.75, 3.05) is 6.54 Å². The zero-order valence-electron chi connectivity index (χ0n) is 10.6. The summed E-state index contributed by atoms with van der Waals surface area (Å²) >= 11 is 0. The van der Waals surface area contributed by atoms with Gasteiger partial charge in [-0.1, -0.05) is 52.9 Å². The van der Waals surface area contributed by atoms with Crippen LogP contribution in [0.2, 0.25) is 0 Å². The predicted octanol–water partition coefficient (Wildman–Crippen LogP) is 3.36. The molecule has 2 nitrogen and oxygen atoms in total. The predicted molar refractivity (Wildman–Crippen MR) is 67.1 cm³/mol. The van der Waals surface area contributed by atoms with Crippen LogP contribution in [0.5, 0.6) is 0 Å². The van der Waals surface area contributed by atoms with Crippen molar-refractivity contribution in [2.24, 2.45) is 22.1 Å². The van der Waals surface area contributed by atoms with E-state index in [9.17, 15) is 0 Å². The highest BCUT2D eigenvalue weighted by Crippen LogP contribution is 2.26. The number of aliphatic imine (C=N–C) groups is 1. The van der Waals surface area contributed by atoms with Crippen molar-refractivity contribution >= 4 is 5.84 Å². The highest BCUT2D eigenvalue weighted by atomic mass is 14.9. The molecule has 0 bridgehead atoms. The maximum Gasteiger partial charge on any atom is 0.0991 e. The summed E-state index contributed by atoms with van der Waals surface area (Å²) in [7, 11) is 0. The van der Waals surface area contributed by atoms with E-state index in [1.807, 2.05) is 0 Å². The second kappa shape index (κ2) is 5.53. The van der Waals surface area contributed by atoms with Crippen LogP contribution in [0.15, 0.2) is 4.99 Å². The van der Waals surface area contributed by atoms with Crippen LogP contribution >= 0.6 is 0 Å². The summed E-state index contributed by atoms with van der Waals surface area (Å²) in [5.41, 5.74) is 5.95. The molecule has 1 saturated carbocycles. The SMILES string of the molecule is CC(C)(C)C(N)=NCCC1CCCCC1. The van der Waals surface area contributed by atoms with Gasteiger partial charge < -0.3 is 5.73 Å². The smallest absolute Gasteiger partial charge is 0.0991 e. The number of hydrogen-bond donors (Lipinski definition) is 1. The number of nitrogens with zero attached hydrogens (tertiary/aromatic N) is 1. The fraction of sp³-hybridized carbons (Fsp3) is 0.923. The maximum absolute atomic E-state index is 5.92. The number of amidine groups is 1. The topological polar surface area (TPSA) is 38.4 Å². The summed E-state index contributed by atoms with van der Waals surface area (Å²) in [6.45, 7) is 7.28. The molecular formula is C13H26N2. The molecule has 0 spiro atoms. The lowest BCUT2D eigenvalue weighted by molar-refractivity contribution is 0.343. The first-order valence-corrected chi connectivity index (χ1v) is 6.30. The van der Waals surface area contributed by atoms with Gasteiger partial charge in [-0.3, -0.25) is 4.99 Å². The first-order valence-electron chi connectivity index (χ1n) is 6.30. The molecule has 1 rings (SSSR count). The molecule has 2 heteroatoms. The standard InChI is InChI=1S/C13H26N2/c1-13(2,3)12(14)15-10-9-11-7-5-4-6-8-11/h11H,4-10H2,1-3H3,(H2,14,15). The van der Waals surface area contributed by atoms with E-state index in [-0.39, 0.29) is 5.41 Å². The molecule has 88 valence electrons. The molecule has 0 aromatic carbocycles. The van der Waals surface area contributed by atoms with Crippen LogP contribution < -0.4 is 5.73 Å². The van der Waals surface area contributed by atoms with E-state index in [2.05, 4.69) is 25.8 Å². The number of rotatable bonds is 3. The first kappa shape index (κ1) is 12.5. The molecule has 0 heterocycles. The Hall–Kier alpha value is -0.530. The van der Waals surface area contributed by atoms with Gasteiger partial charge in [-0.15, -0.1) is 0 Å². The van der Waals surface area contributed by atoms with Gasteiger partial charge in [-0.05, 0) is 12.3 Å². The van der Waals surface area contributed by atoms with Gasteiger partial charge >= 0.3 is 0 Å². The summed E-state index contributed by atoms with van der Waals surface area (Å²) in [5, 5.41) is 0. The molecule has 0 amide bonds. The summed E-state index contributed by atoms with van der Waals surface area (Å²) in [6.07, 6.45) is 8.32. The van der Waals surface area contributed by atoms with Crippen molar-refractivity contribution < 1.29 is 0 Å². The Kier molecular flexibility index (Phi) is 4.62. The van der Waals surface area contributed by atoms with E-state index in [0.717, 1.165) is 18.3 Å². The minimum atomic E-state index is 0.0343. The molecule has 0 radical (unpaired) electrons. The monoisotopic (exact) mass is 210 g/mol. The normalized spacial score (nSPS) is 20.6. The molecule has 0 unspecified atom stereocenters. The van der Waals surface area contributed by atoms with E-state index >= 15 is 0 Å². The van der Waals surface area contributed by atoms with Gasteiger partial charge in [0.15, 0.2) is 0 Å². The van der Waals surface area contributed by atoms with Gasteiger partial charge in [0.1, 0.15) is 0 Å². The molecule has 1 aliphatic rings. The van der Waals surface area contributed by atoms with Crippen molar-refractivity contribution in [3.8, 4) is 0 Å². The second-order valence-electron chi connectivity index (χ2n) is 5.81. The lowest BCUT2D eigenvalue weighted by atomic mass is 9.87. The highest BCUT2D eigenvalue weighted by molar-refractivity contribution is 5.85. The molecule has 0 saturated heterocycles. The van der Waals surface area contributed by atoms with Crippen molar-refractivity contribution in [3.05, 3.63) is 0 Å². The zero-order valence-corrected chi connectivity index (χ0v) is 10.6. The Balaban J connectivity index is 2.25. The number of nitrogens with two attached hydrogens (primary N) is 1. The summed E-state index contributed by atoms with van der Waals surface area (Å²) in [5.74, 6) is 1.72. The van der Waals surface area contributed by atoms with Crippen LogP contribution in [0, 0.1) is 11.3 Å². The quantitative estimate of drug-likeness (QED) is 0.563. The van der Waals surface area contributed by atoms with Gasteiger partial charge in [0.25, 0.3) is 0 Å². The third-order valence-electron chi connectivity index (χ3n) is 3.31. The molecular weight excluding hydrogens is 184 g/mol. The molecule has 15 heavy (non-hydrogen) atoms. The fourth-order valence-electron chi connectivity index (χ4n) is 2.08. The highest BCUT2D eigenvalue weighted by Gasteiger charge is 2.16. The lowest BCUT2D eigenvalue weighted by Gasteiger charge is -2.21. The Bertz CT molecular complexity index is 207. The molecule has 0 atom stereocenters. The fourth-order valence-corrected chi connectivity index (χ4v) is 2.08. The van der Waals surface area contributed by atoms with E-state index in [4.69, 9.17) is 5.73 Å². The molecule has 1 fully saturated rings. The Labute approximate surface area is 94.3 Å². The van der Waals surface area contributed by atoms with Gasteiger partial charge in [-0.2, -0.15) is 0 Å². The van der Waals surface area contributed by atoms with E-state index in [1.54, 1.807) is 0 Å². The Morgan fingerprint density at radius 2 is 1.80 bits per heavy atom. The first-order chi connectivity index (χ1) is 7.00. The van der Waals surface area contributed by atoms with Crippen LogP contribution in [-0.4, -0.2) is 12.4 Å². The molecule has 1 aliphatic carbocycles. The third kappa shape index (κ3) is 4.67. The van der Waals surface area contributed by atoms with Crippen molar-refractivity contribution in [3.63, 3.8) is 0 Å². The average Bonchev–Trinajstić information content (AvgIpc) is 2.18. The van der Waals surface area contributed by atoms with Crippen molar-refractivity contribution in [2.45, 2.75) is 59.3 Å². The van der Waals surface area contributed by atoms with Gasteiger partial charge in [0.05, 0.1) is 5.84 Å². The minimum absolute atomic E-state index is 0.0343. The van der Waals surface area contributed by atoms with Crippen LogP contribution in [0.3, 0.4) is 0 Å². The van der Waals surface area contributed by atoms with Crippen molar-refractivity contribution in [1.29, 1.82) is 0 Å². The van der Waals surface area contributed by atoms with Crippen LogP contribution in [0.1, 0.15) is 59.3 Å². The van der Waals surface area contributed by atoms with Crippen LogP contribution in [0.25, 0.3) is 0 Å². The molecule has 0 aliphatic heterocycles. The van der Waals surface area contributed by atoms with E-state index in [0.29, 0.717) is 0 Å². The van der Waals surface area contributed by atoms with Gasteiger partial charge in [-0.25, -0.2) is 0 Å². The van der Waals surface area contributed by atoms with Crippen LogP contribution in [0.4, 0.5) is 0 Å². The zero-order chi connectivity index (χ0) is 11.3. The molecule has 0 aromatic rings. The largest absolute Gasteiger partial charge is 0.387 e. The van der Waals surface area contributed by atoms with E-state index in [1.165, 1.54) is 38.5 Å². The summed E-state index contributed by atoms with van der Waals surface area (Å²) < 4.78 is 0. The summed E-state index contributed by atoms with van der Waals surface area (Å²) in [6, 6.07) is 0. The van der Waals surface area contributed by atoms with Crippen molar-refractivity contribution in [1.82, 2.24) is 0 Å². The Morgan fingerprint density at radius 1 is 1.20 bits per heavy atom. The minimum Gasteiger partial charge on any atom is -0.387 e. The number of hydrogen-bond acceptors (Lipinski definition) is 1. The third-order valence-corrected chi connectivity index (χ3v) is 3.31. The second-order valence-corrected chi connectivity index (χ2v) is 5.81. The van der Waals surface area contributed by atoms with Crippen LogP contribution in [-0.2, 0) is 0 Å². The van der Waals surface area contributed by atoms with E-state index < -0.39 is 0 Å². The maximum atomic E-state index is 5.92. The Morgan fingerprint density at radius 3 is 2.33 bits per heavy atom. The van der Waals surface area contributed by atoms with Gasteiger partial charge in [0, 0.05) is 12.0 Å². The van der Waals surface area contributed by atoms with Gasteiger partial charge in [0.2, 0.25) is 0 Å². The lowest BCUT2D eigenvalue weighted by Crippen LogP contribution is -2.29. The molecule has 2 N–H and O–H groups in total. The summed E-state index contributed by atoms with van der Waals surface area (Å²) in [4.78, 5) is 4.48.